The van der Waals surface area contributed by atoms with Crippen molar-refractivity contribution in [3.63, 3.8) is 0 Å². The lowest BCUT2D eigenvalue weighted by Crippen LogP contribution is -2.37. The highest BCUT2D eigenvalue weighted by Gasteiger charge is 2.42. The zero-order valence-corrected chi connectivity index (χ0v) is 11.8. The number of hydrogen-bond acceptors (Lipinski definition) is 4. The number of aryl methyl sites for hydroxylation is 1. The Morgan fingerprint density at radius 1 is 1.63 bits per heavy atom. The molecule has 0 radical (unpaired) electrons. The number of thiazole rings is 1. The van der Waals surface area contributed by atoms with Gasteiger partial charge in [0.05, 0.1) is 5.41 Å². The third-order valence-corrected chi connectivity index (χ3v) is 4.45. The molecule has 0 saturated carbocycles. The molecule has 2 heterocycles. The molecule has 2 N–H and O–H groups in total. The van der Waals surface area contributed by atoms with Crippen molar-refractivity contribution in [1.29, 1.82) is 0 Å². The smallest absolute Gasteiger partial charge is 0.323 e. The van der Waals surface area contributed by atoms with Gasteiger partial charge in [-0.15, -0.1) is 11.3 Å². The fourth-order valence-corrected chi connectivity index (χ4v) is 2.75. The molecular formula is C12H17N3O3S. The molecule has 6 nitrogen and oxygen atoms in total. The van der Waals surface area contributed by atoms with Gasteiger partial charge in [0.2, 0.25) is 0 Å². The van der Waals surface area contributed by atoms with Crippen LogP contribution in [0.3, 0.4) is 0 Å². The van der Waals surface area contributed by atoms with Crippen LogP contribution >= 0.6 is 11.3 Å². The van der Waals surface area contributed by atoms with Crippen LogP contribution < -0.4 is 5.32 Å². The molecule has 1 atom stereocenters. The van der Waals surface area contributed by atoms with Crippen LogP contribution in [0.4, 0.5) is 9.93 Å². The summed E-state index contributed by atoms with van der Waals surface area (Å²) in [7, 11) is 0. The van der Waals surface area contributed by atoms with Crippen molar-refractivity contribution in [2.24, 2.45) is 5.41 Å². The lowest BCUT2D eigenvalue weighted by molar-refractivity contribution is -0.146. The van der Waals surface area contributed by atoms with Crippen molar-refractivity contribution >= 4 is 28.5 Å². The Bertz CT molecular complexity index is 502. The average Bonchev–Trinajstić information content (AvgIpc) is 2.96. The minimum atomic E-state index is -0.856. The highest BCUT2D eigenvalue weighted by molar-refractivity contribution is 7.15. The first kappa shape index (κ1) is 13.8. The minimum Gasteiger partial charge on any atom is -0.481 e. The van der Waals surface area contributed by atoms with Crippen LogP contribution in [0.1, 0.15) is 25.1 Å². The number of aromatic nitrogens is 1. The van der Waals surface area contributed by atoms with E-state index in [2.05, 4.69) is 10.3 Å². The number of likely N-dealkylation sites (tertiary alicyclic amines) is 1. The average molecular weight is 283 g/mol. The Labute approximate surface area is 115 Å². The molecule has 1 aromatic rings. The van der Waals surface area contributed by atoms with Crippen molar-refractivity contribution < 1.29 is 14.7 Å². The van der Waals surface area contributed by atoms with Gasteiger partial charge in [-0.3, -0.25) is 10.1 Å². The van der Waals surface area contributed by atoms with Crippen LogP contribution in [0.25, 0.3) is 0 Å². The summed E-state index contributed by atoms with van der Waals surface area (Å²) < 4.78 is 0. The number of anilines is 1. The third kappa shape index (κ3) is 2.86. The van der Waals surface area contributed by atoms with Crippen LogP contribution in [-0.2, 0) is 11.2 Å². The second-order valence-electron chi connectivity index (χ2n) is 4.95. The molecule has 0 bridgehead atoms. The number of urea groups is 1. The number of hydrogen-bond donors (Lipinski definition) is 2. The Balaban J connectivity index is 1.96. The van der Waals surface area contributed by atoms with Gasteiger partial charge >= 0.3 is 12.0 Å². The van der Waals surface area contributed by atoms with Gasteiger partial charge in [-0.05, 0) is 19.8 Å². The summed E-state index contributed by atoms with van der Waals surface area (Å²) in [4.78, 5) is 29.9. The molecule has 1 aliphatic heterocycles. The number of carbonyl (C=O) groups is 2. The summed E-state index contributed by atoms with van der Waals surface area (Å²) in [6, 6.07) is -0.276. The second-order valence-corrected chi connectivity index (χ2v) is 6.07. The number of aliphatic carboxylic acids is 1. The quantitative estimate of drug-likeness (QED) is 0.889. The number of rotatable bonds is 3. The molecule has 1 unspecified atom stereocenters. The predicted molar refractivity (Wildman–Crippen MR) is 72.4 cm³/mol. The molecule has 0 spiro atoms. The number of amides is 2. The number of nitrogens with zero attached hydrogens (tertiary/aromatic N) is 2. The van der Waals surface area contributed by atoms with Gasteiger partial charge in [0.15, 0.2) is 5.13 Å². The van der Waals surface area contributed by atoms with Crippen molar-refractivity contribution in [1.82, 2.24) is 9.88 Å². The van der Waals surface area contributed by atoms with Crippen LogP contribution in [0, 0.1) is 5.41 Å². The molecule has 1 aliphatic rings. The molecule has 0 aliphatic carbocycles. The first-order valence-corrected chi connectivity index (χ1v) is 7.00. The second kappa shape index (κ2) is 5.16. The van der Waals surface area contributed by atoms with E-state index in [1.807, 2.05) is 6.92 Å². The van der Waals surface area contributed by atoms with E-state index in [4.69, 9.17) is 5.11 Å². The predicted octanol–water partition coefficient (Wildman–Crippen LogP) is 2.03. The molecule has 1 saturated heterocycles. The monoisotopic (exact) mass is 283 g/mol. The van der Waals surface area contributed by atoms with E-state index in [1.54, 1.807) is 13.1 Å². The molecule has 1 fully saturated rings. The number of carbonyl (C=O) groups excluding carboxylic acids is 1. The zero-order chi connectivity index (χ0) is 14.0. The highest BCUT2D eigenvalue weighted by Crippen LogP contribution is 2.30. The molecule has 104 valence electrons. The molecule has 19 heavy (non-hydrogen) atoms. The first-order valence-electron chi connectivity index (χ1n) is 6.18. The van der Waals surface area contributed by atoms with E-state index < -0.39 is 11.4 Å². The van der Waals surface area contributed by atoms with E-state index in [-0.39, 0.29) is 12.6 Å². The Morgan fingerprint density at radius 2 is 2.37 bits per heavy atom. The fourth-order valence-electron chi connectivity index (χ4n) is 2.01. The van der Waals surface area contributed by atoms with Crippen molar-refractivity contribution in [3.05, 3.63) is 11.1 Å². The largest absolute Gasteiger partial charge is 0.481 e. The summed E-state index contributed by atoms with van der Waals surface area (Å²) in [5.74, 6) is -0.856. The maximum absolute atomic E-state index is 12.0. The van der Waals surface area contributed by atoms with Crippen LogP contribution in [0.5, 0.6) is 0 Å². The van der Waals surface area contributed by atoms with Gasteiger partial charge in [0.1, 0.15) is 0 Å². The fraction of sp³-hybridized carbons (Fsp3) is 0.583. The topological polar surface area (TPSA) is 82.5 Å². The van der Waals surface area contributed by atoms with Gasteiger partial charge in [-0.2, -0.15) is 0 Å². The van der Waals surface area contributed by atoms with E-state index in [0.717, 1.165) is 11.3 Å². The van der Waals surface area contributed by atoms with Gasteiger partial charge in [-0.25, -0.2) is 9.78 Å². The summed E-state index contributed by atoms with van der Waals surface area (Å²) in [5.41, 5.74) is -0.838. The van der Waals surface area contributed by atoms with Crippen molar-refractivity contribution in [2.75, 3.05) is 18.4 Å². The Morgan fingerprint density at radius 3 is 2.89 bits per heavy atom. The molecule has 2 amide bonds. The lowest BCUT2D eigenvalue weighted by atomic mass is 9.90. The summed E-state index contributed by atoms with van der Waals surface area (Å²) >= 11 is 1.44. The highest BCUT2D eigenvalue weighted by atomic mass is 32.1. The SMILES string of the molecule is CCc1cnc(NC(=O)N2CCC(C)(C(=O)O)C2)s1. The standard InChI is InChI=1S/C12H17N3O3S/c1-3-8-6-13-10(19-8)14-11(18)15-5-4-12(2,7-15)9(16)17/h6H,3-5,7H2,1-2H3,(H,16,17)(H,13,14,18). The van der Waals surface area contributed by atoms with E-state index >= 15 is 0 Å². The number of carboxylic acids is 1. The number of nitrogens with one attached hydrogen (secondary N) is 1. The number of carboxylic acid groups (broad SMARTS) is 1. The third-order valence-electron chi connectivity index (χ3n) is 3.39. The maximum Gasteiger partial charge on any atom is 0.323 e. The minimum absolute atomic E-state index is 0.236. The van der Waals surface area contributed by atoms with Gasteiger partial charge in [0, 0.05) is 24.2 Å². The van der Waals surface area contributed by atoms with Gasteiger partial charge in [-0.1, -0.05) is 6.92 Å². The van der Waals surface area contributed by atoms with E-state index in [9.17, 15) is 9.59 Å². The van der Waals surface area contributed by atoms with Crippen LogP contribution in [0.15, 0.2) is 6.20 Å². The molecule has 2 rings (SSSR count). The molecule has 1 aromatic heterocycles. The van der Waals surface area contributed by atoms with Crippen LogP contribution in [0.2, 0.25) is 0 Å². The van der Waals surface area contributed by atoms with E-state index in [1.165, 1.54) is 16.2 Å². The normalized spacial score (nSPS) is 22.5. The first-order chi connectivity index (χ1) is 8.94. The van der Waals surface area contributed by atoms with Crippen molar-refractivity contribution in [2.45, 2.75) is 26.7 Å². The summed E-state index contributed by atoms with van der Waals surface area (Å²) in [6.45, 7) is 4.39. The molecular weight excluding hydrogens is 266 g/mol. The lowest BCUT2D eigenvalue weighted by Gasteiger charge is -2.19. The Hall–Kier alpha value is -1.63. The van der Waals surface area contributed by atoms with Gasteiger partial charge in [0.25, 0.3) is 0 Å². The summed E-state index contributed by atoms with van der Waals surface area (Å²) in [6.07, 6.45) is 3.10. The zero-order valence-electron chi connectivity index (χ0n) is 11.0. The maximum atomic E-state index is 12.0. The van der Waals surface area contributed by atoms with Crippen LogP contribution in [-0.4, -0.2) is 40.1 Å². The van der Waals surface area contributed by atoms with E-state index in [0.29, 0.717) is 18.1 Å². The molecule has 7 heteroatoms. The molecule has 0 aromatic carbocycles. The Kier molecular flexibility index (Phi) is 3.75. The summed E-state index contributed by atoms with van der Waals surface area (Å²) in [5, 5.41) is 12.4. The van der Waals surface area contributed by atoms with Gasteiger partial charge < -0.3 is 10.0 Å². The van der Waals surface area contributed by atoms with Crippen molar-refractivity contribution in [3.8, 4) is 0 Å².